The Morgan fingerprint density at radius 3 is 2.56 bits per heavy atom. The lowest BCUT2D eigenvalue weighted by molar-refractivity contribution is 0.0974. The molecule has 1 aromatic carbocycles. The summed E-state index contributed by atoms with van der Waals surface area (Å²) in [6, 6.07) is 8.07. The summed E-state index contributed by atoms with van der Waals surface area (Å²) < 4.78 is 5.69. The molecular formula is C14H22O2. The molecule has 1 unspecified atom stereocenters. The largest absolute Gasteiger partial charge is 0.493 e. The Kier molecular flexibility index (Phi) is 5.33. The van der Waals surface area contributed by atoms with E-state index in [-0.39, 0.29) is 6.10 Å². The van der Waals surface area contributed by atoms with E-state index >= 15 is 0 Å². The third kappa shape index (κ3) is 3.86. The monoisotopic (exact) mass is 222 g/mol. The van der Waals surface area contributed by atoms with Gasteiger partial charge in [-0.05, 0) is 24.0 Å². The number of para-hydroxylation sites is 1. The first kappa shape index (κ1) is 13.0. The molecule has 0 heterocycles. The van der Waals surface area contributed by atoms with E-state index in [0.717, 1.165) is 12.2 Å². The van der Waals surface area contributed by atoms with Crippen LogP contribution >= 0.6 is 0 Å². The van der Waals surface area contributed by atoms with Gasteiger partial charge in [-0.15, -0.1) is 0 Å². The zero-order valence-electron chi connectivity index (χ0n) is 10.4. The molecule has 0 bridgehead atoms. The summed E-state index contributed by atoms with van der Waals surface area (Å²) >= 11 is 0. The van der Waals surface area contributed by atoms with Crippen molar-refractivity contribution in [1.82, 2.24) is 0 Å². The molecule has 0 saturated heterocycles. The minimum Gasteiger partial charge on any atom is -0.493 e. The minimum atomic E-state index is -0.270. The molecule has 0 aliphatic heterocycles. The molecule has 1 N–H and O–H groups in total. The van der Waals surface area contributed by atoms with Gasteiger partial charge in [0, 0.05) is 6.42 Å². The highest BCUT2D eigenvalue weighted by Gasteiger charge is 2.09. The van der Waals surface area contributed by atoms with Crippen LogP contribution in [0.15, 0.2) is 24.3 Å². The standard InChI is InChI=1S/C14H22O2/c1-4-12-7-5-6-8-14(12)16-10-9-13(15)11(2)3/h5-8,11,13,15H,4,9-10H2,1-3H3. The van der Waals surface area contributed by atoms with Crippen LogP contribution < -0.4 is 4.74 Å². The van der Waals surface area contributed by atoms with Crippen molar-refractivity contribution in [3.63, 3.8) is 0 Å². The smallest absolute Gasteiger partial charge is 0.122 e. The molecule has 0 aliphatic rings. The minimum absolute atomic E-state index is 0.270. The molecule has 1 rings (SSSR count). The second-order valence-corrected chi connectivity index (χ2v) is 4.41. The quantitative estimate of drug-likeness (QED) is 0.801. The van der Waals surface area contributed by atoms with Crippen LogP contribution in [0.25, 0.3) is 0 Å². The van der Waals surface area contributed by atoms with Crippen LogP contribution in [0.2, 0.25) is 0 Å². The van der Waals surface area contributed by atoms with Crippen molar-refractivity contribution in [1.29, 1.82) is 0 Å². The fourth-order valence-electron chi connectivity index (χ4n) is 1.56. The molecule has 90 valence electrons. The third-order valence-corrected chi connectivity index (χ3v) is 2.79. The summed E-state index contributed by atoms with van der Waals surface area (Å²) in [6.07, 6.45) is 1.40. The molecule has 1 aromatic rings. The maximum absolute atomic E-state index is 9.65. The lowest BCUT2D eigenvalue weighted by atomic mass is 10.1. The Morgan fingerprint density at radius 1 is 1.25 bits per heavy atom. The first-order chi connectivity index (χ1) is 7.65. The Morgan fingerprint density at radius 2 is 1.94 bits per heavy atom. The maximum Gasteiger partial charge on any atom is 0.122 e. The molecule has 1 atom stereocenters. The average molecular weight is 222 g/mol. The highest BCUT2D eigenvalue weighted by Crippen LogP contribution is 2.18. The van der Waals surface area contributed by atoms with E-state index < -0.39 is 0 Å². The van der Waals surface area contributed by atoms with Gasteiger partial charge in [-0.2, -0.15) is 0 Å². The summed E-state index contributed by atoms with van der Waals surface area (Å²) in [6.45, 7) is 6.73. The highest BCUT2D eigenvalue weighted by molar-refractivity contribution is 5.33. The first-order valence-electron chi connectivity index (χ1n) is 6.04. The van der Waals surface area contributed by atoms with Gasteiger partial charge in [0.25, 0.3) is 0 Å². The van der Waals surface area contributed by atoms with Gasteiger partial charge in [0.1, 0.15) is 5.75 Å². The number of rotatable bonds is 6. The van der Waals surface area contributed by atoms with E-state index in [4.69, 9.17) is 4.74 Å². The Labute approximate surface area is 98.3 Å². The van der Waals surface area contributed by atoms with Crippen molar-refractivity contribution in [3.8, 4) is 5.75 Å². The van der Waals surface area contributed by atoms with Gasteiger partial charge in [0.15, 0.2) is 0 Å². The molecule has 0 spiro atoms. The molecule has 16 heavy (non-hydrogen) atoms. The first-order valence-corrected chi connectivity index (χ1v) is 6.04. The van der Waals surface area contributed by atoms with Crippen LogP contribution in [0.4, 0.5) is 0 Å². The van der Waals surface area contributed by atoms with Gasteiger partial charge in [-0.1, -0.05) is 39.0 Å². The fraction of sp³-hybridized carbons (Fsp3) is 0.571. The lowest BCUT2D eigenvalue weighted by Crippen LogP contribution is -2.18. The average Bonchev–Trinajstić information content (AvgIpc) is 2.29. The molecule has 0 fully saturated rings. The van der Waals surface area contributed by atoms with Crippen LogP contribution in [0.3, 0.4) is 0 Å². The molecule has 0 aromatic heterocycles. The third-order valence-electron chi connectivity index (χ3n) is 2.79. The van der Waals surface area contributed by atoms with Gasteiger partial charge in [-0.25, -0.2) is 0 Å². The number of hydrogen-bond acceptors (Lipinski definition) is 2. The number of benzene rings is 1. The second-order valence-electron chi connectivity index (χ2n) is 4.41. The van der Waals surface area contributed by atoms with Gasteiger partial charge >= 0.3 is 0 Å². The van der Waals surface area contributed by atoms with E-state index in [1.54, 1.807) is 0 Å². The van der Waals surface area contributed by atoms with Crippen molar-refractivity contribution in [2.24, 2.45) is 5.92 Å². The number of aryl methyl sites for hydroxylation is 1. The Balaban J connectivity index is 2.42. The zero-order valence-corrected chi connectivity index (χ0v) is 10.4. The van der Waals surface area contributed by atoms with E-state index in [2.05, 4.69) is 13.0 Å². The molecule has 0 aliphatic carbocycles. The molecular weight excluding hydrogens is 200 g/mol. The molecule has 2 nitrogen and oxygen atoms in total. The summed E-state index contributed by atoms with van der Waals surface area (Å²) in [5, 5.41) is 9.65. The van der Waals surface area contributed by atoms with Crippen LogP contribution in [0, 0.1) is 5.92 Å². The van der Waals surface area contributed by atoms with Crippen LogP contribution in [-0.4, -0.2) is 17.8 Å². The van der Waals surface area contributed by atoms with Crippen molar-refractivity contribution < 1.29 is 9.84 Å². The summed E-state index contributed by atoms with van der Waals surface area (Å²) in [5.41, 5.74) is 1.22. The summed E-state index contributed by atoms with van der Waals surface area (Å²) in [7, 11) is 0. The van der Waals surface area contributed by atoms with E-state index in [1.807, 2.05) is 32.0 Å². The SMILES string of the molecule is CCc1ccccc1OCCC(O)C(C)C. The predicted molar refractivity (Wildman–Crippen MR) is 66.8 cm³/mol. The Bertz CT molecular complexity index is 307. The number of aliphatic hydroxyl groups is 1. The predicted octanol–water partition coefficient (Wildman–Crippen LogP) is 3.03. The number of aliphatic hydroxyl groups excluding tert-OH is 1. The topological polar surface area (TPSA) is 29.5 Å². The van der Waals surface area contributed by atoms with Crippen molar-refractivity contribution in [2.45, 2.75) is 39.7 Å². The van der Waals surface area contributed by atoms with Gasteiger partial charge < -0.3 is 9.84 Å². The molecule has 2 heteroatoms. The highest BCUT2D eigenvalue weighted by atomic mass is 16.5. The van der Waals surface area contributed by atoms with Gasteiger partial charge in [0.2, 0.25) is 0 Å². The molecule has 0 radical (unpaired) electrons. The van der Waals surface area contributed by atoms with E-state index in [1.165, 1.54) is 5.56 Å². The molecule has 0 saturated carbocycles. The van der Waals surface area contributed by atoms with Crippen molar-refractivity contribution >= 4 is 0 Å². The van der Waals surface area contributed by atoms with E-state index in [9.17, 15) is 5.11 Å². The van der Waals surface area contributed by atoms with Crippen LogP contribution in [-0.2, 0) is 6.42 Å². The Hall–Kier alpha value is -1.02. The van der Waals surface area contributed by atoms with Gasteiger partial charge in [0.05, 0.1) is 12.7 Å². The second kappa shape index (κ2) is 6.54. The number of ether oxygens (including phenoxy) is 1. The number of hydrogen-bond donors (Lipinski definition) is 1. The van der Waals surface area contributed by atoms with Crippen molar-refractivity contribution in [2.75, 3.05) is 6.61 Å². The summed E-state index contributed by atoms with van der Waals surface area (Å²) in [4.78, 5) is 0. The van der Waals surface area contributed by atoms with Crippen LogP contribution in [0.5, 0.6) is 5.75 Å². The van der Waals surface area contributed by atoms with E-state index in [0.29, 0.717) is 18.9 Å². The maximum atomic E-state index is 9.65. The zero-order chi connectivity index (χ0) is 12.0. The lowest BCUT2D eigenvalue weighted by Gasteiger charge is -2.15. The fourth-order valence-corrected chi connectivity index (χ4v) is 1.56. The summed E-state index contributed by atoms with van der Waals surface area (Å²) in [5.74, 6) is 1.24. The van der Waals surface area contributed by atoms with Gasteiger partial charge in [-0.3, -0.25) is 0 Å². The van der Waals surface area contributed by atoms with Crippen LogP contribution in [0.1, 0.15) is 32.8 Å². The normalized spacial score (nSPS) is 12.8. The molecule has 0 amide bonds. The van der Waals surface area contributed by atoms with Crippen molar-refractivity contribution in [3.05, 3.63) is 29.8 Å².